The summed E-state index contributed by atoms with van der Waals surface area (Å²) in [5.74, 6) is -0.912. The van der Waals surface area contributed by atoms with Gasteiger partial charge in [0.25, 0.3) is 11.5 Å². The molecule has 0 spiro atoms. The minimum absolute atomic E-state index is 0.127. The van der Waals surface area contributed by atoms with E-state index in [1.165, 1.54) is 29.0 Å². The van der Waals surface area contributed by atoms with Crippen LogP contribution < -0.4 is 16.2 Å². The van der Waals surface area contributed by atoms with Gasteiger partial charge in [-0.15, -0.1) is 0 Å². The quantitative estimate of drug-likeness (QED) is 0.603. The summed E-state index contributed by atoms with van der Waals surface area (Å²) in [5, 5.41) is 6.00. The number of nitrogens with zero attached hydrogens (tertiary/aromatic N) is 1. The third kappa shape index (κ3) is 5.18. The Kier molecular flexibility index (Phi) is 6.74. The first-order chi connectivity index (χ1) is 14.3. The van der Waals surface area contributed by atoms with Crippen molar-refractivity contribution >= 4 is 29.1 Å². The second-order valence-corrected chi connectivity index (χ2v) is 7.54. The Morgan fingerprint density at radius 2 is 1.87 bits per heavy atom. The minimum Gasteiger partial charge on any atom is -0.459 e. The zero-order chi connectivity index (χ0) is 21.7. The van der Waals surface area contributed by atoms with Gasteiger partial charge in [-0.1, -0.05) is 43.6 Å². The summed E-state index contributed by atoms with van der Waals surface area (Å²) in [4.78, 5) is 37.3. The van der Waals surface area contributed by atoms with E-state index < -0.39 is 17.9 Å². The monoisotopic (exact) mass is 427 g/mol. The molecule has 3 aromatic rings. The molecule has 8 heteroatoms. The fourth-order valence-corrected chi connectivity index (χ4v) is 3.11. The molecule has 0 aliphatic carbocycles. The Morgan fingerprint density at radius 3 is 2.53 bits per heavy atom. The van der Waals surface area contributed by atoms with Crippen LogP contribution in [0.4, 0.5) is 5.69 Å². The van der Waals surface area contributed by atoms with Crippen LogP contribution >= 0.6 is 11.6 Å². The van der Waals surface area contributed by atoms with Crippen LogP contribution in [-0.4, -0.2) is 22.4 Å². The maximum Gasteiger partial charge on any atom is 0.287 e. The molecule has 0 fully saturated rings. The molecule has 1 atom stereocenters. The minimum atomic E-state index is -0.786. The van der Waals surface area contributed by atoms with Crippen molar-refractivity contribution in [1.82, 2.24) is 9.88 Å². The summed E-state index contributed by atoms with van der Waals surface area (Å²) in [5.41, 5.74) is 1.000. The first-order valence-electron chi connectivity index (χ1n) is 9.44. The van der Waals surface area contributed by atoms with Crippen molar-refractivity contribution < 1.29 is 14.0 Å². The summed E-state index contributed by atoms with van der Waals surface area (Å²) in [7, 11) is 0. The van der Waals surface area contributed by atoms with E-state index in [0.29, 0.717) is 10.7 Å². The van der Waals surface area contributed by atoms with Crippen molar-refractivity contribution in [2.24, 2.45) is 5.92 Å². The van der Waals surface area contributed by atoms with Gasteiger partial charge in [-0.2, -0.15) is 0 Å². The van der Waals surface area contributed by atoms with Crippen LogP contribution in [0.3, 0.4) is 0 Å². The predicted octanol–water partition coefficient (Wildman–Crippen LogP) is 3.54. The van der Waals surface area contributed by atoms with E-state index >= 15 is 0 Å². The van der Waals surface area contributed by atoms with Gasteiger partial charge in [0.2, 0.25) is 5.91 Å². The van der Waals surface area contributed by atoms with Crippen molar-refractivity contribution in [3.8, 4) is 0 Å². The van der Waals surface area contributed by atoms with Crippen LogP contribution in [0.1, 0.15) is 30.0 Å². The summed E-state index contributed by atoms with van der Waals surface area (Å²) in [6, 6.07) is 12.5. The number of aromatic nitrogens is 1. The third-order valence-electron chi connectivity index (χ3n) is 4.53. The molecular formula is C22H22ClN3O4. The van der Waals surface area contributed by atoms with E-state index in [1.54, 1.807) is 18.3 Å². The van der Waals surface area contributed by atoms with Crippen molar-refractivity contribution in [2.45, 2.75) is 26.4 Å². The van der Waals surface area contributed by atoms with E-state index in [4.69, 9.17) is 16.0 Å². The second kappa shape index (κ2) is 9.45. The molecule has 0 saturated carbocycles. The molecule has 2 aromatic heterocycles. The molecule has 2 amide bonds. The standard InChI is InChI=1S/C22H22ClN3O4/c1-14(2)20(25-21(28)18-8-5-11-30-18)22(29)24-16-9-10-19(27)26(13-16)12-15-6-3-4-7-17(15)23/h3-11,13-14,20H,12H2,1-2H3,(H,24,29)(H,25,28). The number of hydrogen-bond donors (Lipinski definition) is 2. The van der Waals surface area contributed by atoms with Crippen molar-refractivity contribution in [3.63, 3.8) is 0 Å². The van der Waals surface area contributed by atoms with Crippen molar-refractivity contribution in [3.05, 3.63) is 87.7 Å². The first kappa shape index (κ1) is 21.4. The molecular weight excluding hydrogens is 406 g/mol. The summed E-state index contributed by atoms with van der Waals surface area (Å²) in [6.07, 6.45) is 2.94. The molecule has 0 bridgehead atoms. The van der Waals surface area contributed by atoms with Crippen molar-refractivity contribution in [1.29, 1.82) is 0 Å². The van der Waals surface area contributed by atoms with Crippen LogP contribution in [0.5, 0.6) is 0 Å². The fourth-order valence-electron chi connectivity index (χ4n) is 2.91. The van der Waals surface area contributed by atoms with Gasteiger partial charge >= 0.3 is 0 Å². The number of pyridine rings is 1. The Hall–Kier alpha value is -3.32. The molecule has 0 aliphatic heterocycles. The molecule has 3 rings (SSSR count). The average Bonchev–Trinajstić information content (AvgIpc) is 3.25. The molecule has 0 aliphatic rings. The van der Waals surface area contributed by atoms with E-state index in [9.17, 15) is 14.4 Å². The van der Waals surface area contributed by atoms with Gasteiger partial charge in [0.15, 0.2) is 5.76 Å². The number of nitrogens with one attached hydrogen (secondary N) is 2. The Balaban J connectivity index is 1.75. The van der Waals surface area contributed by atoms with Crippen LogP contribution in [0.25, 0.3) is 0 Å². The number of carbonyl (C=O) groups is 2. The maximum atomic E-state index is 12.8. The molecule has 2 N–H and O–H groups in total. The third-order valence-corrected chi connectivity index (χ3v) is 4.90. The summed E-state index contributed by atoms with van der Waals surface area (Å²) in [6.45, 7) is 3.92. The Bertz CT molecular complexity index is 1090. The largest absolute Gasteiger partial charge is 0.459 e. The highest BCUT2D eigenvalue weighted by atomic mass is 35.5. The number of furan rings is 1. The number of rotatable bonds is 7. The normalized spacial score (nSPS) is 11.9. The lowest BCUT2D eigenvalue weighted by Crippen LogP contribution is -2.47. The SMILES string of the molecule is CC(C)C(NC(=O)c1ccco1)C(=O)Nc1ccc(=O)n(Cc2ccccc2Cl)c1. The number of anilines is 1. The van der Waals surface area contributed by atoms with Gasteiger partial charge in [0, 0.05) is 17.3 Å². The van der Waals surface area contributed by atoms with Crippen molar-refractivity contribution in [2.75, 3.05) is 5.32 Å². The van der Waals surface area contributed by atoms with E-state index in [-0.39, 0.29) is 23.8 Å². The first-order valence-corrected chi connectivity index (χ1v) is 9.82. The molecule has 30 heavy (non-hydrogen) atoms. The van der Waals surface area contributed by atoms with Crippen LogP contribution in [-0.2, 0) is 11.3 Å². The molecule has 0 saturated heterocycles. The van der Waals surface area contributed by atoms with Gasteiger partial charge in [0.05, 0.1) is 18.5 Å². The van der Waals surface area contributed by atoms with Crippen LogP contribution in [0, 0.1) is 5.92 Å². The number of hydrogen-bond acceptors (Lipinski definition) is 4. The molecule has 1 unspecified atom stereocenters. The Morgan fingerprint density at radius 1 is 1.10 bits per heavy atom. The van der Waals surface area contributed by atoms with Crippen LogP contribution in [0.15, 0.2) is 70.2 Å². The van der Waals surface area contributed by atoms with Crippen LogP contribution in [0.2, 0.25) is 5.02 Å². The van der Waals surface area contributed by atoms with Gasteiger partial charge in [-0.3, -0.25) is 14.4 Å². The molecule has 0 radical (unpaired) electrons. The highest BCUT2D eigenvalue weighted by Crippen LogP contribution is 2.16. The smallest absolute Gasteiger partial charge is 0.287 e. The predicted molar refractivity (Wildman–Crippen MR) is 115 cm³/mol. The zero-order valence-electron chi connectivity index (χ0n) is 16.6. The molecule has 7 nitrogen and oxygen atoms in total. The number of benzene rings is 1. The average molecular weight is 428 g/mol. The molecule has 1 aromatic carbocycles. The number of halogens is 1. The summed E-state index contributed by atoms with van der Waals surface area (Å²) < 4.78 is 6.54. The Labute approximate surface area is 178 Å². The fraction of sp³-hybridized carbons (Fsp3) is 0.227. The summed E-state index contributed by atoms with van der Waals surface area (Å²) >= 11 is 6.18. The topological polar surface area (TPSA) is 93.3 Å². The van der Waals surface area contributed by atoms with Gasteiger partial charge in [-0.25, -0.2) is 0 Å². The lowest BCUT2D eigenvalue weighted by atomic mass is 10.0. The second-order valence-electron chi connectivity index (χ2n) is 7.14. The lowest BCUT2D eigenvalue weighted by molar-refractivity contribution is -0.118. The lowest BCUT2D eigenvalue weighted by Gasteiger charge is -2.21. The highest BCUT2D eigenvalue weighted by Gasteiger charge is 2.25. The van der Waals surface area contributed by atoms with Gasteiger partial charge in [0.1, 0.15) is 6.04 Å². The molecule has 156 valence electrons. The highest BCUT2D eigenvalue weighted by molar-refractivity contribution is 6.31. The van der Waals surface area contributed by atoms with E-state index in [2.05, 4.69) is 10.6 Å². The van der Waals surface area contributed by atoms with E-state index in [1.807, 2.05) is 32.0 Å². The zero-order valence-corrected chi connectivity index (χ0v) is 17.3. The number of carbonyl (C=O) groups excluding carboxylic acids is 2. The number of amides is 2. The maximum absolute atomic E-state index is 12.8. The van der Waals surface area contributed by atoms with E-state index in [0.717, 1.165) is 5.56 Å². The molecule has 2 heterocycles. The van der Waals surface area contributed by atoms with Gasteiger partial charge < -0.3 is 19.6 Å². The van der Waals surface area contributed by atoms with Gasteiger partial charge in [-0.05, 0) is 35.7 Å².